The lowest BCUT2D eigenvalue weighted by molar-refractivity contribution is 1.32. The Labute approximate surface area is 163 Å². The molecule has 0 amide bonds. The van der Waals surface area contributed by atoms with E-state index in [0.717, 1.165) is 11.4 Å². The number of aromatic amines is 2. The van der Waals surface area contributed by atoms with Crippen LogP contribution in [-0.2, 0) is 0 Å². The molecule has 6 aromatic heterocycles. The molecule has 0 aliphatic heterocycles. The number of aromatic nitrogens is 4. The number of nitrogens with one attached hydrogen (secondary N) is 2. The summed E-state index contributed by atoms with van der Waals surface area (Å²) in [6, 6.07) is 9.15. The maximum Gasteiger partial charge on any atom is 0.0924 e. The van der Waals surface area contributed by atoms with Crippen LogP contribution in [0.15, 0.2) is 49.3 Å². The molecule has 26 heavy (non-hydrogen) atoms. The van der Waals surface area contributed by atoms with Crippen molar-refractivity contribution in [2.24, 2.45) is 0 Å². The zero-order valence-corrected chi connectivity index (χ0v) is 16.4. The first kappa shape index (κ1) is 14.9. The summed E-state index contributed by atoms with van der Waals surface area (Å²) in [4.78, 5) is 19.8. The zero-order chi connectivity index (χ0) is 17.1. The standard InChI is InChI=1S/C18H10N4S4/c1-11(9-5-19-7-21-9)23-15-3-17(25-13(1)15)18-4-16-14(26-18)2-12(24-16)10-6-20-8-22-10/h1-8H,(H,19,21)(H,20,22). The van der Waals surface area contributed by atoms with Crippen molar-refractivity contribution in [3.05, 3.63) is 49.3 Å². The lowest BCUT2D eigenvalue weighted by atomic mass is 10.3. The first-order valence-electron chi connectivity index (χ1n) is 7.88. The van der Waals surface area contributed by atoms with Crippen LogP contribution in [0.25, 0.3) is 49.7 Å². The Morgan fingerprint density at radius 3 is 1.31 bits per heavy atom. The lowest BCUT2D eigenvalue weighted by Crippen LogP contribution is -1.67. The number of thiophene rings is 4. The molecule has 0 fully saturated rings. The second kappa shape index (κ2) is 5.62. The minimum absolute atomic E-state index is 1.09. The quantitative estimate of drug-likeness (QED) is 0.342. The summed E-state index contributed by atoms with van der Waals surface area (Å²) in [7, 11) is 0. The third-order valence-corrected chi connectivity index (χ3v) is 9.03. The van der Waals surface area contributed by atoms with Crippen LogP contribution < -0.4 is 0 Å². The number of imidazole rings is 2. The average Bonchev–Trinajstić information content (AvgIpc) is 3.44. The first-order valence-corrected chi connectivity index (χ1v) is 11.1. The molecular formula is C18H10N4S4. The van der Waals surface area contributed by atoms with Crippen LogP contribution in [0.4, 0.5) is 0 Å². The fourth-order valence-corrected chi connectivity index (χ4v) is 7.77. The Morgan fingerprint density at radius 2 is 0.923 bits per heavy atom. The predicted octanol–water partition coefficient (Wildman–Crippen LogP) is 6.69. The zero-order valence-electron chi connectivity index (χ0n) is 13.1. The Balaban J connectivity index is 1.38. The lowest BCUT2D eigenvalue weighted by Gasteiger charge is -1.91. The van der Waals surface area contributed by atoms with Crippen LogP contribution in [0.3, 0.4) is 0 Å². The fraction of sp³-hybridized carbons (Fsp3) is 0. The highest BCUT2D eigenvalue weighted by molar-refractivity contribution is 7.35. The molecule has 6 aromatic rings. The van der Waals surface area contributed by atoms with Gasteiger partial charge in [-0.1, -0.05) is 0 Å². The summed E-state index contributed by atoms with van der Waals surface area (Å²) < 4.78 is 5.35. The van der Waals surface area contributed by atoms with Crippen LogP contribution in [0.2, 0.25) is 0 Å². The number of hydrogen-bond acceptors (Lipinski definition) is 6. The first-order chi connectivity index (χ1) is 12.8. The molecule has 0 atom stereocenters. The van der Waals surface area contributed by atoms with E-state index in [9.17, 15) is 0 Å². The molecule has 0 saturated heterocycles. The van der Waals surface area contributed by atoms with Gasteiger partial charge >= 0.3 is 0 Å². The van der Waals surface area contributed by atoms with E-state index in [-0.39, 0.29) is 0 Å². The average molecular weight is 411 g/mol. The van der Waals surface area contributed by atoms with Crippen molar-refractivity contribution in [3.63, 3.8) is 0 Å². The van der Waals surface area contributed by atoms with Crippen LogP contribution in [-0.4, -0.2) is 19.9 Å². The van der Waals surface area contributed by atoms with Crippen LogP contribution in [0.1, 0.15) is 0 Å². The Morgan fingerprint density at radius 1 is 0.538 bits per heavy atom. The van der Waals surface area contributed by atoms with E-state index in [0.29, 0.717) is 0 Å². The molecule has 0 unspecified atom stereocenters. The highest BCUT2D eigenvalue weighted by Crippen LogP contribution is 2.46. The Kier molecular flexibility index (Phi) is 3.21. The van der Waals surface area contributed by atoms with Crippen molar-refractivity contribution in [3.8, 4) is 30.9 Å². The normalized spacial score (nSPS) is 11.8. The van der Waals surface area contributed by atoms with Crippen molar-refractivity contribution in [2.75, 3.05) is 0 Å². The maximum absolute atomic E-state index is 4.11. The van der Waals surface area contributed by atoms with E-state index in [1.807, 2.05) is 57.7 Å². The van der Waals surface area contributed by atoms with E-state index < -0.39 is 0 Å². The molecule has 4 nitrogen and oxygen atoms in total. The molecule has 0 aromatic carbocycles. The third kappa shape index (κ3) is 2.30. The van der Waals surface area contributed by atoms with E-state index in [2.05, 4.69) is 44.2 Å². The summed E-state index contributed by atoms with van der Waals surface area (Å²) in [5, 5.41) is 0. The van der Waals surface area contributed by atoms with Gasteiger partial charge in [-0.05, 0) is 24.3 Å². The van der Waals surface area contributed by atoms with Gasteiger partial charge in [0, 0.05) is 28.6 Å². The number of fused-ring (bicyclic) bond motifs is 2. The molecule has 6 rings (SSSR count). The molecule has 6 heterocycles. The monoisotopic (exact) mass is 410 g/mol. The summed E-state index contributed by atoms with van der Waals surface area (Å²) in [5.74, 6) is 0. The van der Waals surface area contributed by atoms with Gasteiger partial charge < -0.3 is 9.97 Å². The highest BCUT2D eigenvalue weighted by atomic mass is 32.1. The number of hydrogen-bond donors (Lipinski definition) is 2. The van der Waals surface area contributed by atoms with Gasteiger partial charge in [-0.25, -0.2) is 9.97 Å². The molecule has 0 spiro atoms. The molecule has 126 valence electrons. The summed E-state index contributed by atoms with van der Waals surface area (Å²) in [6.45, 7) is 0. The van der Waals surface area contributed by atoms with Gasteiger partial charge in [-0.3, -0.25) is 0 Å². The molecular weight excluding hydrogens is 400 g/mol. The van der Waals surface area contributed by atoms with E-state index in [4.69, 9.17) is 0 Å². The largest absolute Gasteiger partial charge is 0.344 e. The molecule has 0 radical (unpaired) electrons. The second-order valence-corrected chi connectivity index (χ2v) is 10.2. The fourth-order valence-electron chi connectivity index (χ4n) is 2.96. The van der Waals surface area contributed by atoms with Crippen LogP contribution >= 0.6 is 45.3 Å². The SMILES string of the molecule is c1ncc(-c2cc3sc(-c4cc5sc(-c6cnc[nH]6)cc5s4)cc3s2)[nH]1. The van der Waals surface area contributed by atoms with Gasteiger partial charge in [0.05, 0.1) is 46.2 Å². The smallest absolute Gasteiger partial charge is 0.0924 e. The molecule has 2 N–H and O–H groups in total. The topological polar surface area (TPSA) is 57.4 Å². The van der Waals surface area contributed by atoms with Crippen molar-refractivity contribution in [1.29, 1.82) is 0 Å². The highest BCUT2D eigenvalue weighted by Gasteiger charge is 2.14. The van der Waals surface area contributed by atoms with Crippen LogP contribution in [0.5, 0.6) is 0 Å². The Bertz CT molecular complexity index is 1160. The molecule has 0 saturated carbocycles. The van der Waals surface area contributed by atoms with Crippen molar-refractivity contribution >= 4 is 64.1 Å². The van der Waals surface area contributed by atoms with Crippen LogP contribution in [0, 0.1) is 0 Å². The summed E-state index contributed by atoms with van der Waals surface area (Å²) in [5.41, 5.74) is 2.17. The third-order valence-electron chi connectivity index (χ3n) is 4.18. The molecule has 0 aliphatic rings. The number of H-pyrrole nitrogens is 2. The van der Waals surface area contributed by atoms with E-state index in [1.165, 1.54) is 38.3 Å². The van der Waals surface area contributed by atoms with E-state index >= 15 is 0 Å². The van der Waals surface area contributed by atoms with Crippen molar-refractivity contribution < 1.29 is 0 Å². The predicted molar refractivity (Wildman–Crippen MR) is 114 cm³/mol. The minimum atomic E-state index is 1.09. The van der Waals surface area contributed by atoms with Gasteiger partial charge in [0.1, 0.15) is 0 Å². The number of rotatable bonds is 3. The summed E-state index contributed by atoms with van der Waals surface area (Å²) in [6.07, 6.45) is 7.21. The number of nitrogens with zero attached hydrogens (tertiary/aromatic N) is 2. The van der Waals surface area contributed by atoms with Crippen molar-refractivity contribution in [1.82, 2.24) is 19.9 Å². The molecule has 0 bridgehead atoms. The van der Waals surface area contributed by atoms with Gasteiger partial charge in [-0.15, -0.1) is 45.3 Å². The van der Waals surface area contributed by atoms with Gasteiger partial charge in [0.25, 0.3) is 0 Å². The molecule has 8 heteroatoms. The van der Waals surface area contributed by atoms with E-state index in [1.54, 1.807) is 12.7 Å². The maximum atomic E-state index is 4.11. The van der Waals surface area contributed by atoms with Crippen molar-refractivity contribution in [2.45, 2.75) is 0 Å². The Hall–Kier alpha value is -2.26. The van der Waals surface area contributed by atoms with Gasteiger partial charge in [-0.2, -0.15) is 0 Å². The van der Waals surface area contributed by atoms with Gasteiger partial charge in [0.15, 0.2) is 0 Å². The second-order valence-electron chi connectivity index (χ2n) is 5.83. The minimum Gasteiger partial charge on any atom is -0.344 e. The van der Waals surface area contributed by atoms with Gasteiger partial charge in [0.2, 0.25) is 0 Å². The summed E-state index contributed by atoms with van der Waals surface area (Å²) >= 11 is 7.36. The molecule has 0 aliphatic carbocycles.